The Balaban J connectivity index is 1.77. The Hall–Kier alpha value is -0.830. The maximum atomic E-state index is 11.7. The number of carbonyl (C=O) groups is 1. The first-order valence-electron chi connectivity index (χ1n) is 6.31. The van der Waals surface area contributed by atoms with E-state index in [9.17, 15) is 4.79 Å². The second kappa shape index (κ2) is 3.59. The minimum atomic E-state index is 0.0815. The number of likely N-dealkylation sites (tertiary alicyclic amines) is 1. The summed E-state index contributed by atoms with van der Waals surface area (Å²) in [6.07, 6.45) is 7.86. The third-order valence-corrected chi connectivity index (χ3v) is 4.57. The van der Waals surface area contributed by atoms with Crippen LogP contribution in [-0.4, -0.2) is 36.1 Å². The first kappa shape index (κ1) is 10.3. The molecule has 0 N–H and O–H groups in total. The van der Waals surface area contributed by atoms with Crippen molar-refractivity contribution in [2.24, 2.45) is 5.41 Å². The molecular weight excluding hydrogens is 202 g/mol. The quantitative estimate of drug-likeness (QED) is 0.665. The summed E-state index contributed by atoms with van der Waals surface area (Å²) in [4.78, 5) is 13.7. The normalized spacial score (nSPS) is 35.6. The zero-order valence-corrected chi connectivity index (χ0v) is 9.65. The molecule has 0 aromatic heterocycles. The van der Waals surface area contributed by atoms with Crippen LogP contribution >= 0.6 is 0 Å². The summed E-state index contributed by atoms with van der Waals surface area (Å²) in [5, 5.41) is 0. The highest BCUT2D eigenvalue weighted by molar-refractivity contribution is 5.88. The lowest BCUT2D eigenvalue weighted by Gasteiger charge is -2.63. The van der Waals surface area contributed by atoms with Gasteiger partial charge >= 0.3 is 0 Å². The zero-order chi connectivity index (χ0) is 11.2. The van der Waals surface area contributed by atoms with Crippen LogP contribution in [0.2, 0.25) is 0 Å². The molecule has 2 atom stereocenters. The van der Waals surface area contributed by atoms with Crippen molar-refractivity contribution < 1.29 is 9.53 Å². The molecule has 3 rings (SSSR count). The topological polar surface area (TPSA) is 29.5 Å². The van der Waals surface area contributed by atoms with Crippen LogP contribution in [0.3, 0.4) is 0 Å². The molecule has 3 aliphatic rings. The summed E-state index contributed by atoms with van der Waals surface area (Å²) >= 11 is 0. The lowest BCUT2D eigenvalue weighted by Crippen LogP contribution is -2.72. The number of amides is 1. The molecule has 1 spiro atoms. The lowest BCUT2D eigenvalue weighted by atomic mass is 9.56. The van der Waals surface area contributed by atoms with Gasteiger partial charge in [-0.15, -0.1) is 0 Å². The number of carbonyl (C=O) groups excluding carboxylic acids is 1. The van der Waals surface area contributed by atoms with Gasteiger partial charge in [0.1, 0.15) is 0 Å². The molecule has 2 aliphatic heterocycles. The first-order valence-corrected chi connectivity index (χ1v) is 6.31. The summed E-state index contributed by atoms with van der Waals surface area (Å²) < 4.78 is 5.78. The second-order valence-electron chi connectivity index (χ2n) is 5.38. The molecule has 1 saturated carbocycles. The van der Waals surface area contributed by atoms with Gasteiger partial charge in [-0.2, -0.15) is 0 Å². The molecule has 0 aromatic carbocycles. The molecule has 1 aliphatic carbocycles. The van der Waals surface area contributed by atoms with Crippen LogP contribution in [0.5, 0.6) is 0 Å². The maximum Gasteiger partial charge on any atom is 0.246 e. The van der Waals surface area contributed by atoms with Crippen LogP contribution in [0.15, 0.2) is 12.7 Å². The number of hydrogen-bond donors (Lipinski definition) is 0. The SMILES string of the molecule is C=CC(=O)N1CC2(CCC2)C1C1CCCO1. The third-order valence-electron chi connectivity index (χ3n) is 4.57. The molecule has 2 heterocycles. The van der Waals surface area contributed by atoms with Crippen molar-refractivity contribution in [1.29, 1.82) is 0 Å². The fourth-order valence-corrected chi connectivity index (χ4v) is 3.61. The predicted molar refractivity (Wildman–Crippen MR) is 61.0 cm³/mol. The van der Waals surface area contributed by atoms with Crippen LogP contribution in [0.25, 0.3) is 0 Å². The molecule has 3 heteroatoms. The number of nitrogens with zero attached hydrogens (tertiary/aromatic N) is 1. The Morgan fingerprint density at radius 1 is 1.44 bits per heavy atom. The minimum absolute atomic E-state index is 0.0815. The average Bonchev–Trinajstić information content (AvgIpc) is 2.66. The summed E-state index contributed by atoms with van der Waals surface area (Å²) in [6.45, 7) is 5.39. The molecule has 1 amide bonds. The largest absolute Gasteiger partial charge is 0.376 e. The van der Waals surface area contributed by atoms with Crippen molar-refractivity contribution in [2.75, 3.05) is 13.2 Å². The van der Waals surface area contributed by atoms with Crippen LogP contribution in [0.4, 0.5) is 0 Å². The van der Waals surface area contributed by atoms with Crippen LogP contribution in [-0.2, 0) is 9.53 Å². The minimum Gasteiger partial charge on any atom is -0.376 e. The lowest BCUT2D eigenvalue weighted by molar-refractivity contribution is -0.183. The molecule has 0 aromatic rings. The molecule has 3 nitrogen and oxygen atoms in total. The van der Waals surface area contributed by atoms with Gasteiger partial charge < -0.3 is 9.64 Å². The molecule has 88 valence electrons. The summed E-state index contributed by atoms with van der Waals surface area (Å²) in [5.41, 5.74) is 0.410. The van der Waals surface area contributed by atoms with E-state index < -0.39 is 0 Å². The highest BCUT2D eigenvalue weighted by Gasteiger charge is 2.60. The fourth-order valence-electron chi connectivity index (χ4n) is 3.61. The van der Waals surface area contributed by atoms with Gasteiger partial charge in [-0.1, -0.05) is 13.0 Å². The Bertz CT molecular complexity index is 316. The van der Waals surface area contributed by atoms with Gasteiger partial charge in [-0.05, 0) is 31.8 Å². The average molecular weight is 221 g/mol. The van der Waals surface area contributed by atoms with Gasteiger partial charge in [0.2, 0.25) is 5.91 Å². The highest BCUT2D eigenvalue weighted by Crippen LogP contribution is 2.55. The van der Waals surface area contributed by atoms with Gasteiger partial charge in [0.05, 0.1) is 12.1 Å². The van der Waals surface area contributed by atoms with Crippen molar-refractivity contribution in [1.82, 2.24) is 4.90 Å². The standard InChI is InChI=1S/C13H19NO2/c1-2-11(15)14-9-13(6-4-7-13)12(14)10-5-3-8-16-10/h2,10,12H,1,3-9H2. The number of rotatable bonds is 2. The van der Waals surface area contributed by atoms with Gasteiger partial charge in [0, 0.05) is 18.6 Å². The third kappa shape index (κ3) is 1.27. The van der Waals surface area contributed by atoms with Crippen molar-refractivity contribution in [3.05, 3.63) is 12.7 Å². The van der Waals surface area contributed by atoms with E-state index in [4.69, 9.17) is 4.74 Å². The van der Waals surface area contributed by atoms with E-state index in [1.807, 2.05) is 4.90 Å². The maximum absolute atomic E-state index is 11.7. The van der Waals surface area contributed by atoms with E-state index in [1.54, 1.807) is 0 Å². The summed E-state index contributed by atoms with van der Waals surface area (Å²) in [6, 6.07) is 0.342. The molecule has 2 unspecified atom stereocenters. The van der Waals surface area contributed by atoms with E-state index in [0.29, 0.717) is 11.5 Å². The monoisotopic (exact) mass is 221 g/mol. The molecule has 0 radical (unpaired) electrons. The highest BCUT2D eigenvalue weighted by atomic mass is 16.5. The Morgan fingerprint density at radius 2 is 2.25 bits per heavy atom. The fraction of sp³-hybridized carbons (Fsp3) is 0.769. The van der Waals surface area contributed by atoms with Gasteiger partial charge in [-0.3, -0.25) is 4.79 Å². The van der Waals surface area contributed by atoms with Crippen molar-refractivity contribution in [3.8, 4) is 0 Å². The van der Waals surface area contributed by atoms with E-state index in [1.165, 1.54) is 25.3 Å². The van der Waals surface area contributed by atoms with Crippen LogP contribution < -0.4 is 0 Å². The van der Waals surface area contributed by atoms with E-state index in [0.717, 1.165) is 26.0 Å². The summed E-state index contributed by atoms with van der Waals surface area (Å²) in [7, 11) is 0. The Kier molecular flexibility index (Phi) is 2.32. The van der Waals surface area contributed by atoms with E-state index >= 15 is 0 Å². The molecule has 16 heavy (non-hydrogen) atoms. The van der Waals surface area contributed by atoms with E-state index in [-0.39, 0.29) is 12.0 Å². The zero-order valence-electron chi connectivity index (χ0n) is 9.65. The Labute approximate surface area is 96.4 Å². The van der Waals surface area contributed by atoms with Crippen molar-refractivity contribution in [2.45, 2.75) is 44.2 Å². The van der Waals surface area contributed by atoms with Gasteiger partial charge in [0.25, 0.3) is 0 Å². The number of hydrogen-bond acceptors (Lipinski definition) is 2. The predicted octanol–water partition coefficient (Wildman–Crippen LogP) is 1.73. The van der Waals surface area contributed by atoms with Crippen molar-refractivity contribution >= 4 is 5.91 Å². The van der Waals surface area contributed by atoms with Crippen LogP contribution in [0.1, 0.15) is 32.1 Å². The first-order chi connectivity index (χ1) is 7.77. The molecule has 0 bridgehead atoms. The second-order valence-corrected chi connectivity index (χ2v) is 5.38. The smallest absolute Gasteiger partial charge is 0.246 e. The number of ether oxygens (including phenoxy) is 1. The van der Waals surface area contributed by atoms with Gasteiger partial charge in [0.15, 0.2) is 0 Å². The van der Waals surface area contributed by atoms with Crippen LogP contribution in [0, 0.1) is 5.41 Å². The van der Waals surface area contributed by atoms with E-state index in [2.05, 4.69) is 6.58 Å². The Morgan fingerprint density at radius 3 is 2.75 bits per heavy atom. The van der Waals surface area contributed by atoms with Gasteiger partial charge in [-0.25, -0.2) is 0 Å². The molecule has 2 saturated heterocycles. The summed E-state index contributed by atoms with van der Waals surface area (Å²) in [5.74, 6) is 0.0815. The van der Waals surface area contributed by atoms with Crippen molar-refractivity contribution in [3.63, 3.8) is 0 Å². The molecule has 3 fully saturated rings. The molecular formula is C13H19NO2.